The molecule has 492 valence electrons. The van der Waals surface area contributed by atoms with Crippen molar-refractivity contribution in [1.29, 1.82) is 0 Å². The number of aryl methyl sites for hydroxylation is 2. The lowest BCUT2D eigenvalue weighted by Crippen LogP contribution is -2.40. The van der Waals surface area contributed by atoms with Gasteiger partial charge in [0, 0.05) is 79.6 Å². The third-order valence-electron chi connectivity index (χ3n) is 16.7. The molecule has 3 saturated heterocycles. The van der Waals surface area contributed by atoms with Crippen LogP contribution in [0.1, 0.15) is 98.9 Å². The Morgan fingerprint density at radius 1 is 0.427 bits per heavy atom. The maximum Gasteiger partial charge on any atom is 0.252 e. The standard InChI is InChI=1S/2C25H26N4O3.C24H23ClN4O3/c1-3-23(30)28-13-5-7-19(15-28)29-16-22(25(26)31)24(27-29)18-9-11-20(12-10-18)32-21-8-4-6-17(2)14-21;1-3-23(30)28-14-4-5-19(15-28)29-16-22(25(26)31)24(27-29)18-8-12-21(13-9-18)32-20-10-6-17(2)7-11-20;1-2-22(30)28-13-3-4-18(14-28)29-15-21(24(26)31)23(27-29)16-5-9-19(10-6-16)32-20-11-7-17(25)8-12-20/h3-4,6,8-12,14,16,19H,1,5,7,13,15H2,2H3,(H2,26,31);3,6-13,16,19H,1,4-5,14-15H2,2H3,(H2,26,31);2,5-12,15,18H,1,3-4,13-14H2,(H2,26,31)/t2*19-;18-/m111/s1. The summed E-state index contributed by atoms with van der Waals surface area (Å²) in [5, 5.41) is 14.7. The summed E-state index contributed by atoms with van der Waals surface area (Å²) in [5.41, 5.74) is 24.1. The summed E-state index contributed by atoms with van der Waals surface area (Å²) < 4.78 is 22.9. The van der Waals surface area contributed by atoms with Crippen LogP contribution >= 0.6 is 11.6 Å². The minimum Gasteiger partial charge on any atom is -0.457 e. The number of piperidine rings is 3. The largest absolute Gasteiger partial charge is 0.457 e. The zero-order valence-corrected chi connectivity index (χ0v) is 54.2. The Hall–Kier alpha value is -11.3. The number of nitrogens with two attached hydrogens (primary N) is 3. The van der Waals surface area contributed by atoms with E-state index < -0.39 is 17.7 Å². The summed E-state index contributed by atoms with van der Waals surface area (Å²) in [6, 6.07) is 44.7. The van der Waals surface area contributed by atoms with E-state index >= 15 is 0 Å². The van der Waals surface area contributed by atoms with Crippen LogP contribution in [0.3, 0.4) is 0 Å². The van der Waals surface area contributed by atoms with Gasteiger partial charge in [-0.3, -0.25) is 42.8 Å². The van der Waals surface area contributed by atoms with E-state index in [1.165, 1.54) is 18.2 Å². The van der Waals surface area contributed by atoms with Crippen molar-refractivity contribution in [2.45, 2.75) is 70.5 Å². The molecule has 0 radical (unpaired) electrons. The van der Waals surface area contributed by atoms with Crippen LogP contribution < -0.4 is 31.4 Å². The summed E-state index contributed by atoms with van der Waals surface area (Å²) in [6.45, 7) is 18.4. The number of halogens is 1. The number of carbonyl (C=O) groups is 6. The number of aromatic nitrogens is 6. The van der Waals surface area contributed by atoms with E-state index in [1.807, 2.05) is 123 Å². The predicted octanol–water partition coefficient (Wildman–Crippen LogP) is 12.6. The fraction of sp³-hybridized carbons (Fsp3) is 0.230. The first kappa shape index (κ1) is 67.6. The van der Waals surface area contributed by atoms with Crippen molar-refractivity contribution in [3.8, 4) is 68.3 Å². The first-order chi connectivity index (χ1) is 46.3. The third-order valence-corrected chi connectivity index (χ3v) is 16.9. The highest BCUT2D eigenvalue weighted by Gasteiger charge is 2.30. The molecule has 6 N–H and O–H groups in total. The van der Waals surface area contributed by atoms with Gasteiger partial charge >= 0.3 is 0 Å². The van der Waals surface area contributed by atoms with E-state index in [2.05, 4.69) is 35.0 Å². The minimum absolute atomic E-state index is 0.0244. The lowest BCUT2D eigenvalue weighted by atomic mass is 10.1. The molecule has 3 atom stereocenters. The smallest absolute Gasteiger partial charge is 0.252 e. The number of carbonyl (C=O) groups excluding carboxylic acids is 6. The fourth-order valence-corrected chi connectivity index (χ4v) is 11.8. The Morgan fingerprint density at radius 2 is 0.729 bits per heavy atom. The first-order valence-electron chi connectivity index (χ1n) is 31.5. The summed E-state index contributed by atoms with van der Waals surface area (Å²) in [6.07, 6.45) is 14.2. The Kier molecular flexibility index (Phi) is 21.9. The zero-order valence-electron chi connectivity index (χ0n) is 53.5. The molecule has 6 heterocycles. The molecule has 9 aromatic rings. The second-order valence-corrected chi connectivity index (χ2v) is 24.0. The van der Waals surface area contributed by atoms with Crippen molar-refractivity contribution >= 4 is 47.0 Å². The Bertz CT molecular complexity index is 4110. The van der Waals surface area contributed by atoms with Gasteiger partial charge in [0.2, 0.25) is 17.7 Å². The Balaban J connectivity index is 0.000000157. The summed E-state index contributed by atoms with van der Waals surface area (Å²) in [7, 11) is 0. The lowest BCUT2D eigenvalue weighted by molar-refractivity contribution is -0.128. The zero-order chi connectivity index (χ0) is 68.0. The molecule has 0 unspecified atom stereocenters. The third kappa shape index (κ3) is 16.9. The highest BCUT2D eigenvalue weighted by molar-refractivity contribution is 6.30. The monoisotopic (exact) mass is 1310 g/mol. The Labute approximate surface area is 561 Å². The number of likely N-dealkylation sites (tertiary alicyclic amines) is 3. The normalized spacial score (nSPS) is 15.9. The molecule has 0 aliphatic carbocycles. The van der Waals surface area contributed by atoms with Crippen molar-refractivity contribution in [2.24, 2.45) is 17.2 Å². The first-order valence-corrected chi connectivity index (χ1v) is 31.9. The molecule has 3 aliphatic heterocycles. The molecule has 0 bridgehead atoms. The van der Waals surface area contributed by atoms with Gasteiger partial charge < -0.3 is 46.1 Å². The van der Waals surface area contributed by atoms with Crippen LogP contribution in [0.5, 0.6) is 34.5 Å². The van der Waals surface area contributed by atoms with E-state index in [0.29, 0.717) is 101 Å². The second kappa shape index (κ2) is 31.1. The van der Waals surface area contributed by atoms with Crippen molar-refractivity contribution < 1.29 is 43.0 Å². The number of rotatable bonds is 18. The average molecular weight is 1310 g/mol. The molecule has 0 saturated carbocycles. The van der Waals surface area contributed by atoms with Gasteiger partial charge in [0.05, 0.1) is 34.8 Å². The van der Waals surface area contributed by atoms with Gasteiger partial charge in [0.1, 0.15) is 51.6 Å². The van der Waals surface area contributed by atoms with Gasteiger partial charge in [-0.15, -0.1) is 0 Å². The van der Waals surface area contributed by atoms with Gasteiger partial charge in [0.15, 0.2) is 0 Å². The molecular formula is C74H75ClN12O9. The lowest BCUT2D eigenvalue weighted by Gasteiger charge is -2.32. The van der Waals surface area contributed by atoms with Gasteiger partial charge in [-0.25, -0.2) is 0 Å². The number of primary amides is 3. The van der Waals surface area contributed by atoms with Crippen molar-refractivity contribution in [1.82, 2.24) is 44.0 Å². The maximum atomic E-state index is 12.1. The van der Waals surface area contributed by atoms with E-state index in [4.69, 9.17) is 43.0 Å². The van der Waals surface area contributed by atoms with Gasteiger partial charge in [-0.2, -0.15) is 15.3 Å². The predicted molar refractivity (Wildman–Crippen MR) is 368 cm³/mol. The molecule has 3 fully saturated rings. The van der Waals surface area contributed by atoms with Gasteiger partial charge in [-0.05, 0) is 197 Å². The molecule has 0 spiro atoms. The molecule has 21 nitrogen and oxygen atoms in total. The van der Waals surface area contributed by atoms with E-state index in [-0.39, 0.29) is 35.8 Å². The molecule has 6 aromatic carbocycles. The number of amides is 6. The van der Waals surface area contributed by atoms with Crippen LogP contribution in [-0.2, 0) is 14.4 Å². The Morgan fingerprint density at radius 3 is 1.03 bits per heavy atom. The van der Waals surface area contributed by atoms with Crippen molar-refractivity contribution in [2.75, 3.05) is 39.3 Å². The van der Waals surface area contributed by atoms with E-state index in [9.17, 15) is 28.8 Å². The van der Waals surface area contributed by atoms with Crippen molar-refractivity contribution in [3.63, 3.8) is 0 Å². The number of hydrogen-bond acceptors (Lipinski definition) is 12. The molecule has 96 heavy (non-hydrogen) atoms. The molecule has 3 aliphatic rings. The number of benzene rings is 6. The van der Waals surface area contributed by atoms with Crippen LogP contribution in [0.2, 0.25) is 5.02 Å². The molecule has 22 heteroatoms. The summed E-state index contributed by atoms with van der Waals surface area (Å²) in [5.74, 6) is 2.26. The van der Waals surface area contributed by atoms with Crippen LogP contribution in [0.4, 0.5) is 0 Å². The van der Waals surface area contributed by atoms with Gasteiger partial charge in [0.25, 0.3) is 17.7 Å². The summed E-state index contributed by atoms with van der Waals surface area (Å²) in [4.78, 5) is 77.6. The number of ether oxygens (including phenoxy) is 3. The SMILES string of the molecule is C=CC(=O)N1CCC[C@@H](n2cc(C(N)=O)c(-c3ccc(Oc4ccc(C)cc4)cc3)n2)C1.C=CC(=O)N1CCC[C@@H](n2cc(C(N)=O)c(-c3ccc(Oc4ccc(Cl)cc4)cc3)n2)C1.C=CC(=O)N1CCC[C@@H](n2cc(C(N)=O)c(-c3ccc(Oc4cccc(C)c4)cc3)n2)C1. The van der Waals surface area contributed by atoms with E-state index in [1.54, 1.807) is 83.7 Å². The van der Waals surface area contributed by atoms with Gasteiger partial charge in [-0.1, -0.05) is 61.2 Å². The van der Waals surface area contributed by atoms with Crippen LogP contribution in [0.25, 0.3) is 33.8 Å². The summed E-state index contributed by atoms with van der Waals surface area (Å²) >= 11 is 5.91. The molecular weight excluding hydrogens is 1240 g/mol. The molecule has 12 rings (SSSR count). The highest BCUT2D eigenvalue weighted by Crippen LogP contribution is 2.34. The fourth-order valence-electron chi connectivity index (χ4n) is 11.7. The average Bonchev–Trinajstić information content (AvgIpc) is 1.69. The quantitative estimate of drug-likeness (QED) is 0.0677. The van der Waals surface area contributed by atoms with E-state index in [0.717, 1.165) is 77.8 Å². The number of hydrogen-bond donors (Lipinski definition) is 3. The minimum atomic E-state index is -0.553. The second-order valence-electron chi connectivity index (χ2n) is 23.5. The maximum absolute atomic E-state index is 12.1. The van der Waals surface area contributed by atoms with Crippen LogP contribution in [0, 0.1) is 13.8 Å². The topological polar surface area (TPSA) is 271 Å². The van der Waals surface area contributed by atoms with Crippen LogP contribution in [0.15, 0.2) is 202 Å². The molecule has 6 amide bonds. The van der Waals surface area contributed by atoms with Crippen LogP contribution in [-0.4, -0.2) is 119 Å². The highest BCUT2D eigenvalue weighted by atomic mass is 35.5. The number of nitrogens with zero attached hydrogens (tertiary/aromatic N) is 9. The van der Waals surface area contributed by atoms with Crippen molar-refractivity contribution in [3.05, 3.63) is 235 Å². The molecule has 3 aromatic heterocycles.